The topological polar surface area (TPSA) is 90.5 Å². The smallest absolute Gasteiger partial charge is 0.395 e. The summed E-state index contributed by atoms with van der Waals surface area (Å²) in [5.41, 5.74) is -2.21. The molecule has 1 fully saturated rings. The van der Waals surface area contributed by atoms with Crippen LogP contribution in [0.5, 0.6) is 0 Å². The van der Waals surface area contributed by atoms with Crippen LogP contribution in [0, 0.1) is 0 Å². The van der Waals surface area contributed by atoms with Crippen molar-refractivity contribution in [1.82, 2.24) is 9.29 Å². The van der Waals surface area contributed by atoms with Crippen LogP contribution in [0.2, 0.25) is 0 Å². The lowest BCUT2D eigenvalue weighted by Gasteiger charge is -2.22. The third-order valence-corrected chi connectivity index (χ3v) is 6.21. The summed E-state index contributed by atoms with van der Waals surface area (Å²) in [6.07, 6.45) is -3.74. The van der Waals surface area contributed by atoms with Crippen molar-refractivity contribution in [3.05, 3.63) is 40.2 Å². The number of nitrogens with zero attached hydrogens (tertiary/aromatic N) is 1. The Bertz CT molecular complexity index is 969. The van der Waals surface area contributed by atoms with E-state index >= 15 is 0 Å². The summed E-state index contributed by atoms with van der Waals surface area (Å²) in [5, 5.41) is 8.91. The molecule has 1 aromatic carbocycles. The number of pyridine rings is 1. The molecular formula is C15H15F3N2O4S. The van der Waals surface area contributed by atoms with E-state index in [4.69, 9.17) is 0 Å². The maximum Gasteiger partial charge on any atom is 0.417 e. The van der Waals surface area contributed by atoms with Gasteiger partial charge in [0.2, 0.25) is 15.6 Å². The molecule has 136 valence electrons. The van der Waals surface area contributed by atoms with Gasteiger partial charge in [0.25, 0.3) is 0 Å². The van der Waals surface area contributed by atoms with Crippen molar-refractivity contribution in [3.63, 3.8) is 0 Å². The summed E-state index contributed by atoms with van der Waals surface area (Å²) in [6, 6.07) is 3.03. The van der Waals surface area contributed by atoms with Crippen LogP contribution in [0.25, 0.3) is 10.9 Å². The number of aliphatic hydroxyl groups excluding tert-OH is 1. The molecule has 0 spiro atoms. The van der Waals surface area contributed by atoms with Crippen LogP contribution in [0.3, 0.4) is 0 Å². The number of H-pyrrole nitrogens is 1. The number of fused-ring (bicyclic) bond motifs is 1. The van der Waals surface area contributed by atoms with Crippen LogP contribution in [-0.4, -0.2) is 42.0 Å². The molecule has 25 heavy (non-hydrogen) atoms. The van der Waals surface area contributed by atoms with Gasteiger partial charge >= 0.3 is 6.18 Å². The quantitative estimate of drug-likeness (QED) is 0.853. The highest BCUT2D eigenvalue weighted by atomic mass is 32.2. The molecule has 2 aromatic rings. The molecule has 0 bridgehead atoms. The maximum atomic E-state index is 13.2. The molecule has 1 unspecified atom stereocenters. The number of aliphatic hydroxyl groups is 1. The van der Waals surface area contributed by atoms with Crippen molar-refractivity contribution in [2.75, 3.05) is 13.2 Å². The minimum atomic E-state index is -4.80. The van der Waals surface area contributed by atoms with E-state index in [-0.39, 0.29) is 23.6 Å². The minimum Gasteiger partial charge on any atom is -0.395 e. The summed E-state index contributed by atoms with van der Waals surface area (Å²) in [6.45, 7) is -0.155. The number of rotatable bonds is 3. The van der Waals surface area contributed by atoms with E-state index in [1.165, 1.54) is 0 Å². The second-order valence-electron chi connectivity index (χ2n) is 5.85. The van der Waals surface area contributed by atoms with Gasteiger partial charge in [-0.2, -0.15) is 17.5 Å². The van der Waals surface area contributed by atoms with Gasteiger partial charge in [-0.05, 0) is 31.0 Å². The number of benzene rings is 1. The summed E-state index contributed by atoms with van der Waals surface area (Å²) < 4.78 is 66.2. The van der Waals surface area contributed by atoms with Gasteiger partial charge in [-0.1, -0.05) is 0 Å². The molecule has 0 amide bonds. The highest BCUT2D eigenvalue weighted by molar-refractivity contribution is 7.89. The number of nitrogens with one attached hydrogen (secondary N) is 1. The maximum absolute atomic E-state index is 13.2. The second-order valence-corrected chi connectivity index (χ2v) is 7.74. The first-order valence-corrected chi connectivity index (χ1v) is 8.95. The normalized spacial score (nSPS) is 19.6. The monoisotopic (exact) mass is 376 g/mol. The van der Waals surface area contributed by atoms with Crippen molar-refractivity contribution in [1.29, 1.82) is 0 Å². The van der Waals surface area contributed by atoms with E-state index in [9.17, 15) is 31.5 Å². The molecule has 1 aromatic heterocycles. The lowest BCUT2D eigenvalue weighted by Crippen LogP contribution is -2.37. The van der Waals surface area contributed by atoms with Crippen LogP contribution < -0.4 is 5.56 Å². The highest BCUT2D eigenvalue weighted by Gasteiger charge is 2.37. The van der Waals surface area contributed by atoms with E-state index in [0.717, 1.165) is 22.5 Å². The summed E-state index contributed by atoms with van der Waals surface area (Å²) >= 11 is 0. The number of aromatic nitrogens is 1. The van der Waals surface area contributed by atoms with E-state index in [1.807, 2.05) is 0 Å². The fourth-order valence-electron chi connectivity index (χ4n) is 3.07. The van der Waals surface area contributed by atoms with Gasteiger partial charge in [-0.25, -0.2) is 8.42 Å². The molecule has 1 atom stereocenters. The number of hydrogen-bond acceptors (Lipinski definition) is 4. The molecule has 0 aliphatic carbocycles. The van der Waals surface area contributed by atoms with Gasteiger partial charge in [0, 0.05) is 29.6 Å². The standard InChI is InChI=1S/C15H15F3N2O4S/c16-15(17,18)12-7-14(22)19-13-4-3-10(6-11(12)13)25(23,24)20-5-1-2-9(20)8-21/h3-4,6-7,9,21H,1-2,5,8H2,(H,19,22). The van der Waals surface area contributed by atoms with Gasteiger partial charge in [-0.15, -0.1) is 0 Å². The fraction of sp³-hybridized carbons (Fsp3) is 0.400. The Morgan fingerprint density at radius 1 is 1.28 bits per heavy atom. The molecule has 0 radical (unpaired) electrons. The molecule has 3 rings (SSSR count). The molecule has 6 nitrogen and oxygen atoms in total. The predicted molar refractivity (Wildman–Crippen MR) is 83.6 cm³/mol. The Labute approximate surface area is 140 Å². The zero-order valence-corrected chi connectivity index (χ0v) is 13.7. The van der Waals surface area contributed by atoms with Gasteiger partial charge in [0.1, 0.15) is 0 Å². The Morgan fingerprint density at radius 3 is 2.64 bits per heavy atom. The second kappa shape index (κ2) is 6.11. The van der Waals surface area contributed by atoms with Gasteiger partial charge in [0.15, 0.2) is 0 Å². The molecule has 10 heteroatoms. The average molecular weight is 376 g/mol. The van der Waals surface area contributed by atoms with Crippen molar-refractivity contribution < 1.29 is 26.7 Å². The summed E-state index contributed by atoms with van der Waals surface area (Å²) in [5.74, 6) is 0. The summed E-state index contributed by atoms with van der Waals surface area (Å²) in [7, 11) is -4.05. The molecule has 1 aliphatic rings. The lowest BCUT2D eigenvalue weighted by atomic mass is 10.1. The van der Waals surface area contributed by atoms with Crippen LogP contribution in [0.15, 0.2) is 34.0 Å². The molecule has 0 saturated carbocycles. The van der Waals surface area contributed by atoms with Crippen LogP contribution in [0.1, 0.15) is 18.4 Å². The van der Waals surface area contributed by atoms with E-state index in [0.29, 0.717) is 18.9 Å². The van der Waals surface area contributed by atoms with E-state index in [1.54, 1.807) is 0 Å². The first kappa shape index (κ1) is 17.9. The number of alkyl halides is 3. The third-order valence-electron chi connectivity index (χ3n) is 4.26. The highest BCUT2D eigenvalue weighted by Crippen LogP contribution is 2.35. The summed E-state index contributed by atoms with van der Waals surface area (Å²) in [4.78, 5) is 13.4. The van der Waals surface area contributed by atoms with E-state index < -0.39 is 38.8 Å². The van der Waals surface area contributed by atoms with Gasteiger partial charge in [-0.3, -0.25) is 4.79 Å². The molecule has 1 saturated heterocycles. The number of hydrogen-bond donors (Lipinski definition) is 2. The number of sulfonamides is 1. The molecular weight excluding hydrogens is 361 g/mol. The fourth-order valence-corrected chi connectivity index (χ4v) is 4.78. The average Bonchev–Trinajstić information content (AvgIpc) is 3.02. The predicted octanol–water partition coefficient (Wildman–Crippen LogP) is 1.69. The van der Waals surface area contributed by atoms with Crippen molar-refractivity contribution >= 4 is 20.9 Å². The lowest BCUT2D eigenvalue weighted by molar-refractivity contribution is -0.136. The Hall–Kier alpha value is -1.91. The SMILES string of the molecule is O=c1cc(C(F)(F)F)c2cc(S(=O)(=O)N3CCCC3CO)ccc2[nH]1. The van der Waals surface area contributed by atoms with Crippen molar-refractivity contribution in [3.8, 4) is 0 Å². The van der Waals surface area contributed by atoms with Crippen LogP contribution >= 0.6 is 0 Å². The number of aromatic amines is 1. The Balaban J connectivity index is 2.19. The van der Waals surface area contributed by atoms with Crippen LogP contribution in [0.4, 0.5) is 13.2 Å². The molecule has 2 N–H and O–H groups in total. The first-order valence-electron chi connectivity index (χ1n) is 7.51. The van der Waals surface area contributed by atoms with E-state index in [2.05, 4.69) is 4.98 Å². The van der Waals surface area contributed by atoms with Crippen molar-refractivity contribution in [2.24, 2.45) is 0 Å². The zero-order valence-electron chi connectivity index (χ0n) is 12.9. The Kier molecular flexibility index (Phi) is 4.38. The Morgan fingerprint density at radius 2 is 2.00 bits per heavy atom. The third kappa shape index (κ3) is 3.16. The molecule has 2 heterocycles. The molecule has 1 aliphatic heterocycles. The largest absolute Gasteiger partial charge is 0.417 e. The zero-order chi connectivity index (χ0) is 18.4. The van der Waals surface area contributed by atoms with Gasteiger partial charge in [0.05, 0.1) is 17.1 Å². The minimum absolute atomic E-state index is 0.0982. The van der Waals surface area contributed by atoms with Gasteiger partial charge < -0.3 is 10.1 Å². The van der Waals surface area contributed by atoms with Crippen LogP contribution in [-0.2, 0) is 16.2 Å². The van der Waals surface area contributed by atoms with Crippen molar-refractivity contribution in [2.45, 2.75) is 30.0 Å². The number of halogens is 3. The first-order chi connectivity index (χ1) is 11.6.